The molecule has 0 radical (unpaired) electrons. The van der Waals surface area contributed by atoms with E-state index in [-0.39, 0.29) is 18.4 Å². The number of nitrogens with zero attached hydrogens (tertiary/aromatic N) is 1. The lowest BCUT2D eigenvalue weighted by Gasteiger charge is -2.32. The summed E-state index contributed by atoms with van der Waals surface area (Å²) in [4.78, 5) is 36.9. The third-order valence-electron chi connectivity index (χ3n) is 4.02. The molecule has 3 N–H and O–H groups in total. The fraction of sp³-hybridized carbons (Fsp3) is 0.526. The van der Waals surface area contributed by atoms with Gasteiger partial charge in [-0.25, -0.2) is 19.4 Å². The maximum atomic E-state index is 13.3. The van der Waals surface area contributed by atoms with E-state index in [2.05, 4.69) is 16.2 Å². The normalized spacial score (nSPS) is 14.6. The first-order valence-electron chi connectivity index (χ1n) is 9.46. The van der Waals surface area contributed by atoms with Gasteiger partial charge < -0.3 is 19.7 Å². The molecule has 30 heavy (non-hydrogen) atoms. The Bertz CT molecular complexity index is 779. The molecule has 0 atom stereocenters. The molecule has 0 spiro atoms. The van der Waals surface area contributed by atoms with Gasteiger partial charge in [0.25, 0.3) is 5.91 Å². The van der Waals surface area contributed by atoms with Crippen LogP contribution in [0.3, 0.4) is 0 Å². The van der Waals surface area contributed by atoms with Gasteiger partial charge in [0.15, 0.2) is 0 Å². The third kappa shape index (κ3) is 7.94. The zero-order valence-electron chi connectivity index (χ0n) is 17.1. The van der Waals surface area contributed by atoms with Crippen LogP contribution < -0.4 is 20.9 Å². The van der Waals surface area contributed by atoms with Gasteiger partial charge in [-0.15, -0.1) is 0 Å². The fourth-order valence-electron chi connectivity index (χ4n) is 2.64. The molecular weight excluding hydrogens is 419 g/mol. The van der Waals surface area contributed by atoms with E-state index < -0.39 is 29.4 Å². The summed E-state index contributed by atoms with van der Waals surface area (Å²) in [5.74, 6) is -0.777. The van der Waals surface area contributed by atoms with Crippen LogP contribution in [0.1, 0.15) is 33.6 Å². The van der Waals surface area contributed by atoms with Crippen LogP contribution in [0.2, 0.25) is 5.02 Å². The second-order valence-corrected chi connectivity index (χ2v) is 8.12. The van der Waals surface area contributed by atoms with Gasteiger partial charge in [0.1, 0.15) is 29.8 Å². The summed E-state index contributed by atoms with van der Waals surface area (Å²) < 4.78 is 24.1. The number of hydrogen-bond acceptors (Lipinski definition) is 5. The van der Waals surface area contributed by atoms with E-state index in [0.29, 0.717) is 31.0 Å². The number of amides is 4. The summed E-state index contributed by atoms with van der Waals surface area (Å²) in [6, 6.07) is 3.42. The summed E-state index contributed by atoms with van der Waals surface area (Å²) in [6.45, 7) is 5.53. The summed E-state index contributed by atoms with van der Waals surface area (Å²) in [5, 5.41) is 2.61. The van der Waals surface area contributed by atoms with Crippen molar-refractivity contribution in [1.82, 2.24) is 21.1 Å². The molecule has 4 amide bonds. The van der Waals surface area contributed by atoms with Crippen LogP contribution in [0.4, 0.5) is 14.0 Å². The Balaban J connectivity index is 1.68. The monoisotopic (exact) mass is 444 g/mol. The molecule has 11 heteroatoms. The number of rotatable bonds is 4. The molecular formula is C19H26ClFN4O5. The quantitative estimate of drug-likeness (QED) is 0.618. The van der Waals surface area contributed by atoms with Crippen LogP contribution in [0.25, 0.3) is 0 Å². The highest BCUT2D eigenvalue weighted by molar-refractivity contribution is 6.32. The molecule has 0 saturated carbocycles. The topological polar surface area (TPSA) is 109 Å². The van der Waals surface area contributed by atoms with E-state index in [1.54, 1.807) is 20.8 Å². The standard InChI is InChI=1S/C19H26ClFN4O5/c1-19(2,3)30-18(28)22-11-16(26)23-24-17(27)25-8-6-13(7-9-25)29-15-10-12(21)4-5-14(15)20/h4-5,10,13H,6-9,11H2,1-3H3,(H,22,28)(H,23,26)(H,24,27). The minimum absolute atomic E-state index is 0.207. The minimum atomic E-state index is -0.732. The average molecular weight is 445 g/mol. The molecule has 9 nitrogen and oxygen atoms in total. The van der Waals surface area contributed by atoms with Gasteiger partial charge in [0.05, 0.1) is 5.02 Å². The number of likely N-dealkylation sites (tertiary alicyclic amines) is 1. The SMILES string of the molecule is CC(C)(C)OC(=O)NCC(=O)NNC(=O)N1CCC(Oc2cc(F)ccc2Cl)CC1. The number of carbonyl (C=O) groups excluding carboxylic acids is 3. The number of ether oxygens (including phenoxy) is 2. The van der Waals surface area contributed by atoms with Gasteiger partial charge in [-0.1, -0.05) is 11.6 Å². The molecule has 1 aliphatic heterocycles. The predicted octanol–water partition coefficient (Wildman–Crippen LogP) is 2.59. The van der Waals surface area contributed by atoms with Crippen LogP contribution in [0.5, 0.6) is 5.75 Å². The van der Waals surface area contributed by atoms with Crippen molar-refractivity contribution in [3.8, 4) is 5.75 Å². The highest BCUT2D eigenvalue weighted by atomic mass is 35.5. The van der Waals surface area contributed by atoms with Gasteiger partial charge in [0.2, 0.25) is 0 Å². The Morgan fingerprint density at radius 1 is 1.20 bits per heavy atom. The number of urea groups is 1. The largest absolute Gasteiger partial charge is 0.489 e. The smallest absolute Gasteiger partial charge is 0.408 e. The van der Waals surface area contributed by atoms with Crippen LogP contribution >= 0.6 is 11.6 Å². The maximum absolute atomic E-state index is 13.3. The Morgan fingerprint density at radius 2 is 1.87 bits per heavy atom. The molecule has 1 aromatic carbocycles. The second kappa shape index (κ2) is 10.3. The van der Waals surface area contributed by atoms with Crippen molar-refractivity contribution >= 4 is 29.6 Å². The first-order chi connectivity index (χ1) is 14.0. The summed E-state index contributed by atoms with van der Waals surface area (Å²) >= 11 is 6.00. The maximum Gasteiger partial charge on any atom is 0.408 e. The first-order valence-corrected chi connectivity index (χ1v) is 9.83. The lowest BCUT2D eigenvalue weighted by molar-refractivity contribution is -0.121. The summed E-state index contributed by atoms with van der Waals surface area (Å²) in [5.41, 5.74) is 3.83. The molecule has 2 rings (SSSR count). The van der Waals surface area contributed by atoms with Gasteiger partial charge in [-0.05, 0) is 32.9 Å². The fourth-order valence-corrected chi connectivity index (χ4v) is 2.80. The Kier molecular flexibility index (Phi) is 8.10. The van der Waals surface area contributed by atoms with E-state index in [9.17, 15) is 18.8 Å². The number of benzene rings is 1. The van der Waals surface area contributed by atoms with Crippen molar-refractivity contribution in [2.24, 2.45) is 0 Å². The van der Waals surface area contributed by atoms with Crippen LogP contribution in [-0.2, 0) is 9.53 Å². The number of alkyl carbamates (subject to hydrolysis) is 1. The average Bonchev–Trinajstić information content (AvgIpc) is 2.66. The molecule has 1 aliphatic rings. The molecule has 1 fully saturated rings. The van der Waals surface area contributed by atoms with E-state index in [1.807, 2.05) is 0 Å². The minimum Gasteiger partial charge on any atom is -0.489 e. The van der Waals surface area contributed by atoms with Gasteiger partial charge in [-0.2, -0.15) is 0 Å². The summed E-state index contributed by atoms with van der Waals surface area (Å²) in [6.07, 6.45) is 0.105. The number of hydrogen-bond donors (Lipinski definition) is 3. The van der Waals surface area contributed by atoms with Crippen LogP contribution in [-0.4, -0.2) is 54.3 Å². The molecule has 0 aromatic heterocycles. The molecule has 166 valence electrons. The van der Waals surface area contributed by atoms with Crippen molar-refractivity contribution in [3.05, 3.63) is 29.0 Å². The molecule has 1 aromatic rings. The van der Waals surface area contributed by atoms with E-state index in [4.69, 9.17) is 21.1 Å². The third-order valence-corrected chi connectivity index (χ3v) is 4.33. The second-order valence-electron chi connectivity index (χ2n) is 7.71. The number of piperidine rings is 1. The molecule has 0 unspecified atom stereocenters. The molecule has 1 heterocycles. The lowest BCUT2D eigenvalue weighted by Crippen LogP contribution is -2.53. The Labute approximate surface area is 179 Å². The number of hydrazine groups is 1. The Morgan fingerprint density at radius 3 is 2.50 bits per heavy atom. The van der Waals surface area contributed by atoms with Crippen molar-refractivity contribution in [3.63, 3.8) is 0 Å². The van der Waals surface area contributed by atoms with Crippen molar-refractivity contribution in [1.29, 1.82) is 0 Å². The van der Waals surface area contributed by atoms with Gasteiger partial charge in [-0.3, -0.25) is 10.2 Å². The van der Waals surface area contributed by atoms with E-state index in [1.165, 1.54) is 23.1 Å². The zero-order valence-corrected chi connectivity index (χ0v) is 17.8. The molecule has 1 saturated heterocycles. The van der Waals surface area contributed by atoms with Crippen molar-refractivity contribution < 1.29 is 28.2 Å². The van der Waals surface area contributed by atoms with Crippen LogP contribution in [0.15, 0.2) is 18.2 Å². The Hall–Kier alpha value is -2.75. The van der Waals surface area contributed by atoms with Crippen molar-refractivity contribution in [2.45, 2.75) is 45.3 Å². The molecule has 0 bridgehead atoms. The highest BCUT2D eigenvalue weighted by Gasteiger charge is 2.25. The zero-order chi connectivity index (χ0) is 22.3. The summed E-state index contributed by atoms with van der Waals surface area (Å²) in [7, 11) is 0. The highest BCUT2D eigenvalue weighted by Crippen LogP contribution is 2.28. The van der Waals surface area contributed by atoms with E-state index >= 15 is 0 Å². The number of nitrogens with one attached hydrogen (secondary N) is 3. The first kappa shape index (κ1) is 23.5. The van der Waals surface area contributed by atoms with E-state index in [0.717, 1.165) is 0 Å². The number of carbonyl (C=O) groups is 3. The predicted molar refractivity (Wildman–Crippen MR) is 108 cm³/mol. The van der Waals surface area contributed by atoms with Gasteiger partial charge in [0, 0.05) is 32.0 Å². The lowest BCUT2D eigenvalue weighted by atomic mass is 10.1. The van der Waals surface area contributed by atoms with Crippen molar-refractivity contribution in [2.75, 3.05) is 19.6 Å². The molecule has 0 aliphatic carbocycles. The van der Waals surface area contributed by atoms with Gasteiger partial charge >= 0.3 is 12.1 Å². The van der Waals surface area contributed by atoms with Crippen LogP contribution in [0, 0.1) is 5.82 Å². The number of halogens is 2.